The van der Waals surface area contributed by atoms with Crippen molar-refractivity contribution in [1.82, 2.24) is 14.5 Å². The number of nitrogens with one attached hydrogen (secondary N) is 1. The van der Waals surface area contributed by atoms with E-state index < -0.39 is 16.1 Å². The molecule has 0 spiro atoms. The first-order valence-electron chi connectivity index (χ1n) is 9.54. The average molecular weight is 416 g/mol. The smallest absolute Gasteiger partial charge is 0.243 e. The van der Waals surface area contributed by atoms with Crippen molar-refractivity contribution in [1.29, 1.82) is 0 Å². The minimum Gasteiger partial charge on any atom is -0.341 e. The molecule has 2 heterocycles. The summed E-state index contributed by atoms with van der Waals surface area (Å²) in [5, 5.41) is 3.19. The number of benzene rings is 1. The van der Waals surface area contributed by atoms with E-state index in [0.717, 1.165) is 45.3 Å². The molecule has 0 bridgehead atoms. The molecule has 6 nitrogen and oxygen atoms in total. The zero-order valence-corrected chi connectivity index (χ0v) is 17.5. The molecule has 1 aromatic carbocycles. The highest BCUT2D eigenvalue weighted by molar-refractivity contribution is 7.89. The van der Waals surface area contributed by atoms with Crippen molar-refractivity contribution in [3.05, 3.63) is 30.3 Å². The van der Waals surface area contributed by atoms with E-state index >= 15 is 0 Å². The molecule has 0 radical (unpaired) electrons. The van der Waals surface area contributed by atoms with Crippen molar-refractivity contribution in [2.24, 2.45) is 5.92 Å². The van der Waals surface area contributed by atoms with E-state index in [0.29, 0.717) is 18.9 Å². The Balaban J connectivity index is 0.00000261. The number of hydrogen-bond acceptors (Lipinski definition) is 4. The Morgan fingerprint density at radius 2 is 1.85 bits per heavy atom. The first-order valence-corrected chi connectivity index (χ1v) is 11.0. The summed E-state index contributed by atoms with van der Waals surface area (Å²) < 4.78 is 27.6. The zero-order chi connectivity index (χ0) is 18.6. The molecule has 1 N–H and O–H groups in total. The van der Waals surface area contributed by atoms with Crippen molar-refractivity contribution < 1.29 is 13.2 Å². The van der Waals surface area contributed by atoms with Gasteiger partial charge in [-0.05, 0) is 57.3 Å². The Morgan fingerprint density at radius 1 is 1.11 bits per heavy atom. The predicted molar refractivity (Wildman–Crippen MR) is 108 cm³/mol. The van der Waals surface area contributed by atoms with Gasteiger partial charge < -0.3 is 10.2 Å². The molecule has 1 amide bonds. The largest absolute Gasteiger partial charge is 0.341 e. The topological polar surface area (TPSA) is 69.7 Å². The maximum absolute atomic E-state index is 13.2. The summed E-state index contributed by atoms with van der Waals surface area (Å²) in [4.78, 5) is 15.3. The number of amides is 1. The third kappa shape index (κ3) is 5.02. The fourth-order valence-corrected chi connectivity index (χ4v) is 5.77. The Kier molecular flexibility index (Phi) is 8.09. The van der Waals surface area contributed by atoms with Gasteiger partial charge in [0, 0.05) is 19.6 Å². The number of hydrogen-bond donors (Lipinski definition) is 1. The van der Waals surface area contributed by atoms with Gasteiger partial charge in [0.2, 0.25) is 15.9 Å². The lowest BCUT2D eigenvalue weighted by Gasteiger charge is -2.39. The summed E-state index contributed by atoms with van der Waals surface area (Å²) in [5.74, 6) is 0.422. The van der Waals surface area contributed by atoms with Crippen LogP contribution in [0.2, 0.25) is 0 Å². The molecule has 1 aromatic rings. The van der Waals surface area contributed by atoms with Gasteiger partial charge in [-0.3, -0.25) is 4.79 Å². The molecule has 0 aromatic heterocycles. The molecule has 8 heteroatoms. The lowest BCUT2D eigenvalue weighted by molar-refractivity contribution is -0.138. The van der Waals surface area contributed by atoms with Crippen LogP contribution in [0.3, 0.4) is 0 Å². The predicted octanol–water partition coefficient (Wildman–Crippen LogP) is 2.11. The summed E-state index contributed by atoms with van der Waals surface area (Å²) in [6.07, 6.45) is 4.40. The molecular formula is C19H30ClN3O3S. The van der Waals surface area contributed by atoms with Crippen LogP contribution in [0, 0.1) is 5.92 Å². The maximum atomic E-state index is 13.2. The average Bonchev–Trinajstić information content (AvgIpc) is 2.68. The van der Waals surface area contributed by atoms with Gasteiger partial charge in [-0.2, -0.15) is 4.31 Å². The first kappa shape index (κ1) is 22.1. The first-order chi connectivity index (χ1) is 12.5. The van der Waals surface area contributed by atoms with Gasteiger partial charge in [0.15, 0.2) is 0 Å². The van der Waals surface area contributed by atoms with E-state index in [4.69, 9.17) is 0 Å². The highest BCUT2D eigenvalue weighted by atomic mass is 35.5. The second kappa shape index (κ2) is 9.87. The molecule has 3 rings (SSSR count). The number of sulfonamides is 1. The third-order valence-electron chi connectivity index (χ3n) is 5.41. The van der Waals surface area contributed by atoms with E-state index in [1.807, 2.05) is 11.9 Å². The monoisotopic (exact) mass is 415 g/mol. The standard InChI is InChI=1S/C19H29N3O3S.ClH/c1-20-14-16-8-7-12-21(15-16)19(23)18-11-5-6-13-22(18)26(24,25)17-9-3-2-4-10-17;/h2-4,9-10,16,18,20H,5-8,11-15H2,1H3;1H. The lowest BCUT2D eigenvalue weighted by atomic mass is 9.96. The van der Waals surface area contributed by atoms with Crippen LogP contribution in [0.25, 0.3) is 0 Å². The fraction of sp³-hybridized carbons (Fsp3) is 0.632. The van der Waals surface area contributed by atoms with E-state index in [2.05, 4.69) is 5.32 Å². The molecule has 2 saturated heterocycles. The van der Waals surface area contributed by atoms with Crippen LogP contribution in [0.1, 0.15) is 32.1 Å². The van der Waals surface area contributed by atoms with E-state index in [1.165, 1.54) is 4.31 Å². The summed E-state index contributed by atoms with van der Waals surface area (Å²) in [6.45, 7) is 2.76. The number of halogens is 1. The molecule has 2 aliphatic rings. The second-order valence-electron chi connectivity index (χ2n) is 7.29. The molecule has 2 atom stereocenters. The summed E-state index contributed by atoms with van der Waals surface area (Å²) >= 11 is 0. The lowest BCUT2D eigenvalue weighted by Crippen LogP contribution is -2.55. The number of carbonyl (C=O) groups excluding carboxylic acids is 1. The van der Waals surface area contributed by atoms with E-state index in [9.17, 15) is 13.2 Å². The van der Waals surface area contributed by atoms with Crippen molar-refractivity contribution in [3.63, 3.8) is 0 Å². The van der Waals surface area contributed by atoms with Gasteiger partial charge in [0.05, 0.1) is 4.90 Å². The minimum absolute atomic E-state index is 0. The number of piperidine rings is 2. The van der Waals surface area contributed by atoms with Gasteiger partial charge in [0.25, 0.3) is 0 Å². The van der Waals surface area contributed by atoms with E-state index in [1.54, 1.807) is 30.3 Å². The van der Waals surface area contributed by atoms with Gasteiger partial charge >= 0.3 is 0 Å². The number of nitrogens with zero attached hydrogens (tertiary/aromatic N) is 2. The molecule has 2 aliphatic heterocycles. The third-order valence-corrected chi connectivity index (χ3v) is 7.33. The van der Waals surface area contributed by atoms with Crippen molar-refractivity contribution in [2.75, 3.05) is 33.2 Å². The van der Waals surface area contributed by atoms with Crippen LogP contribution >= 0.6 is 12.4 Å². The van der Waals surface area contributed by atoms with Crippen molar-refractivity contribution in [3.8, 4) is 0 Å². The van der Waals surface area contributed by atoms with Crippen LogP contribution in [-0.2, 0) is 14.8 Å². The van der Waals surface area contributed by atoms with Crippen molar-refractivity contribution in [2.45, 2.75) is 43.0 Å². The molecule has 2 fully saturated rings. The molecule has 0 aliphatic carbocycles. The normalized spacial score (nSPS) is 24.3. The summed E-state index contributed by atoms with van der Waals surface area (Å²) in [6, 6.07) is 7.89. The fourth-order valence-electron chi connectivity index (χ4n) is 4.10. The number of carbonyl (C=O) groups is 1. The molecular weight excluding hydrogens is 386 g/mol. The number of rotatable bonds is 5. The Morgan fingerprint density at radius 3 is 2.56 bits per heavy atom. The molecule has 2 unspecified atom stereocenters. The highest BCUT2D eigenvalue weighted by Gasteiger charge is 2.40. The van der Waals surface area contributed by atoms with Gasteiger partial charge in [-0.25, -0.2) is 8.42 Å². The minimum atomic E-state index is -3.65. The van der Waals surface area contributed by atoms with E-state index in [-0.39, 0.29) is 23.2 Å². The molecule has 152 valence electrons. The van der Waals surface area contributed by atoms with Crippen LogP contribution in [0.4, 0.5) is 0 Å². The molecule has 27 heavy (non-hydrogen) atoms. The van der Waals surface area contributed by atoms with Crippen molar-refractivity contribution >= 4 is 28.3 Å². The zero-order valence-electron chi connectivity index (χ0n) is 15.8. The van der Waals surface area contributed by atoms with Crippen LogP contribution in [-0.4, -0.2) is 62.8 Å². The molecule has 0 saturated carbocycles. The highest BCUT2D eigenvalue weighted by Crippen LogP contribution is 2.28. The van der Waals surface area contributed by atoms with Crippen LogP contribution < -0.4 is 5.32 Å². The number of likely N-dealkylation sites (tertiary alicyclic amines) is 1. The summed E-state index contributed by atoms with van der Waals surface area (Å²) in [5.41, 5.74) is 0. The van der Waals surface area contributed by atoms with Crippen LogP contribution in [0.5, 0.6) is 0 Å². The SMILES string of the molecule is CNCC1CCCN(C(=O)C2CCCCN2S(=O)(=O)c2ccccc2)C1.Cl. The Hall–Kier alpha value is -1.15. The second-order valence-corrected chi connectivity index (χ2v) is 9.18. The van der Waals surface area contributed by atoms with Gasteiger partial charge in [-0.1, -0.05) is 24.6 Å². The summed E-state index contributed by atoms with van der Waals surface area (Å²) in [7, 11) is -1.72. The Bertz CT molecular complexity index is 712. The van der Waals surface area contributed by atoms with Gasteiger partial charge in [-0.15, -0.1) is 12.4 Å². The van der Waals surface area contributed by atoms with Gasteiger partial charge in [0.1, 0.15) is 6.04 Å². The quantitative estimate of drug-likeness (QED) is 0.799. The Labute approximate surface area is 168 Å². The maximum Gasteiger partial charge on any atom is 0.243 e. The van der Waals surface area contributed by atoms with Crippen LogP contribution in [0.15, 0.2) is 35.2 Å².